The van der Waals surface area contributed by atoms with E-state index in [0.717, 1.165) is 17.1 Å². The number of nitrogens with two attached hydrogens (primary N) is 1. The van der Waals surface area contributed by atoms with Gasteiger partial charge in [-0.2, -0.15) is 5.10 Å². The van der Waals surface area contributed by atoms with E-state index in [9.17, 15) is 0 Å². The van der Waals surface area contributed by atoms with Gasteiger partial charge in [0.1, 0.15) is 5.82 Å². The lowest BCUT2D eigenvalue weighted by molar-refractivity contribution is 0.446. The third-order valence-electron chi connectivity index (χ3n) is 3.86. The number of pyridine rings is 1. The van der Waals surface area contributed by atoms with Crippen LogP contribution in [0.2, 0.25) is 0 Å². The Hall–Kier alpha value is -2.24. The summed E-state index contributed by atoms with van der Waals surface area (Å²) >= 11 is 0. The second-order valence-corrected chi connectivity index (χ2v) is 6.14. The van der Waals surface area contributed by atoms with Crippen LogP contribution in [0, 0.1) is 13.8 Å². The molecular weight excluding hydrogens is 322 g/mol. The van der Waals surface area contributed by atoms with E-state index in [0.29, 0.717) is 12.2 Å². The van der Waals surface area contributed by atoms with E-state index in [1.807, 2.05) is 55.9 Å². The molecule has 3 rings (SSSR count). The molecule has 24 heavy (non-hydrogen) atoms. The van der Waals surface area contributed by atoms with Gasteiger partial charge in [-0.3, -0.25) is 4.98 Å². The predicted octanol–water partition coefficient (Wildman–Crippen LogP) is 3.12. The van der Waals surface area contributed by atoms with Gasteiger partial charge < -0.3 is 5.73 Å². The van der Waals surface area contributed by atoms with Crippen molar-refractivity contribution in [3.8, 4) is 5.69 Å². The summed E-state index contributed by atoms with van der Waals surface area (Å²) in [5.41, 5.74) is 9.18. The molecule has 0 saturated heterocycles. The normalized spacial score (nSPS) is 13.2. The van der Waals surface area contributed by atoms with Gasteiger partial charge in [0.25, 0.3) is 0 Å². The Morgan fingerprint density at radius 1 is 1.12 bits per heavy atom. The SMILES string of the molecule is Cc1nc(C(C)(N)Cc2ccccc2)n(-c2ccncc2C)n1.Cl. The molecular formula is C18H22ClN5. The molecule has 1 atom stereocenters. The molecule has 126 valence electrons. The lowest BCUT2D eigenvalue weighted by Gasteiger charge is -2.24. The van der Waals surface area contributed by atoms with Gasteiger partial charge in [-0.05, 0) is 44.4 Å². The summed E-state index contributed by atoms with van der Waals surface area (Å²) < 4.78 is 1.84. The van der Waals surface area contributed by atoms with Crippen molar-refractivity contribution >= 4 is 12.4 Å². The van der Waals surface area contributed by atoms with Gasteiger partial charge in [0, 0.05) is 12.4 Å². The Morgan fingerprint density at radius 2 is 1.83 bits per heavy atom. The van der Waals surface area contributed by atoms with Crippen LogP contribution in [0.25, 0.3) is 5.69 Å². The van der Waals surface area contributed by atoms with Crippen LogP contribution in [0.4, 0.5) is 0 Å². The number of nitrogens with zero attached hydrogens (tertiary/aromatic N) is 4. The zero-order valence-electron chi connectivity index (χ0n) is 14.1. The van der Waals surface area contributed by atoms with Crippen molar-refractivity contribution in [2.75, 3.05) is 0 Å². The second-order valence-electron chi connectivity index (χ2n) is 6.14. The van der Waals surface area contributed by atoms with Gasteiger partial charge in [-0.25, -0.2) is 9.67 Å². The molecule has 1 aromatic carbocycles. The van der Waals surface area contributed by atoms with Crippen LogP contribution >= 0.6 is 12.4 Å². The van der Waals surface area contributed by atoms with Gasteiger partial charge in [-0.1, -0.05) is 30.3 Å². The van der Waals surface area contributed by atoms with Crippen molar-refractivity contribution in [3.05, 3.63) is 71.6 Å². The average Bonchev–Trinajstić information content (AvgIpc) is 2.91. The van der Waals surface area contributed by atoms with E-state index in [2.05, 4.69) is 27.2 Å². The maximum atomic E-state index is 6.63. The molecule has 0 aliphatic rings. The number of aryl methyl sites for hydroxylation is 2. The summed E-state index contributed by atoms with van der Waals surface area (Å²) in [6, 6.07) is 12.1. The topological polar surface area (TPSA) is 69.6 Å². The minimum absolute atomic E-state index is 0. The van der Waals surface area contributed by atoms with Gasteiger partial charge in [0.2, 0.25) is 0 Å². The van der Waals surface area contributed by atoms with Crippen LogP contribution in [0.15, 0.2) is 48.8 Å². The van der Waals surface area contributed by atoms with Crippen LogP contribution in [-0.2, 0) is 12.0 Å². The first-order valence-electron chi connectivity index (χ1n) is 7.65. The average molecular weight is 344 g/mol. The molecule has 2 aromatic heterocycles. The molecule has 3 aromatic rings. The maximum Gasteiger partial charge on any atom is 0.152 e. The van der Waals surface area contributed by atoms with Crippen molar-refractivity contribution in [3.63, 3.8) is 0 Å². The molecule has 5 nitrogen and oxygen atoms in total. The molecule has 1 unspecified atom stereocenters. The zero-order chi connectivity index (χ0) is 16.4. The minimum Gasteiger partial charge on any atom is -0.319 e. The minimum atomic E-state index is -0.627. The Balaban J connectivity index is 0.00000208. The summed E-state index contributed by atoms with van der Waals surface area (Å²) in [5, 5.41) is 4.55. The van der Waals surface area contributed by atoms with Crippen molar-refractivity contribution in [1.29, 1.82) is 0 Å². The van der Waals surface area contributed by atoms with Gasteiger partial charge >= 0.3 is 0 Å². The number of aromatic nitrogens is 4. The lowest BCUT2D eigenvalue weighted by atomic mass is 9.93. The fourth-order valence-electron chi connectivity index (χ4n) is 2.76. The Bertz CT molecular complexity index is 811. The highest BCUT2D eigenvalue weighted by atomic mass is 35.5. The van der Waals surface area contributed by atoms with E-state index in [-0.39, 0.29) is 12.4 Å². The molecule has 2 N–H and O–H groups in total. The Kier molecular flexibility index (Phi) is 5.36. The van der Waals surface area contributed by atoms with Crippen LogP contribution in [0.5, 0.6) is 0 Å². The van der Waals surface area contributed by atoms with Gasteiger partial charge in [-0.15, -0.1) is 12.4 Å². The van der Waals surface area contributed by atoms with Gasteiger partial charge in [0.05, 0.1) is 11.2 Å². The largest absolute Gasteiger partial charge is 0.319 e. The molecule has 0 radical (unpaired) electrons. The van der Waals surface area contributed by atoms with Crippen molar-refractivity contribution in [2.24, 2.45) is 5.73 Å². The van der Waals surface area contributed by atoms with Crippen molar-refractivity contribution in [2.45, 2.75) is 32.7 Å². The first-order valence-corrected chi connectivity index (χ1v) is 7.65. The van der Waals surface area contributed by atoms with Gasteiger partial charge in [0.15, 0.2) is 5.82 Å². The van der Waals surface area contributed by atoms with E-state index in [1.54, 1.807) is 6.20 Å². The quantitative estimate of drug-likeness (QED) is 0.790. The highest BCUT2D eigenvalue weighted by molar-refractivity contribution is 5.85. The first-order chi connectivity index (χ1) is 11.0. The molecule has 0 bridgehead atoms. The summed E-state index contributed by atoms with van der Waals surface area (Å²) in [6.07, 6.45) is 4.27. The smallest absolute Gasteiger partial charge is 0.152 e. The third-order valence-corrected chi connectivity index (χ3v) is 3.86. The standard InChI is InChI=1S/C18H21N5.ClH/c1-13-12-20-10-9-16(13)23-17(21-14(2)22-23)18(3,19)11-15-7-5-4-6-8-15;/h4-10,12H,11,19H2,1-3H3;1H. The summed E-state index contributed by atoms with van der Waals surface area (Å²) in [7, 11) is 0. The lowest BCUT2D eigenvalue weighted by Crippen LogP contribution is -2.38. The fraction of sp³-hybridized carbons (Fsp3) is 0.278. The van der Waals surface area contributed by atoms with Crippen LogP contribution in [-0.4, -0.2) is 19.7 Å². The molecule has 0 spiro atoms. The molecule has 0 saturated carbocycles. The van der Waals surface area contributed by atoms with Crippen molar-refractivity contribution < 1.29 is 0 Å². The number of halogens is 1. The number of hydrogen-bond donors (Lipinski definition) is 1. The second kappa shape index (κ2) is 7.11. The van der Waals surface area contributed by atoms with E-state index < -0.39 is 5.54 Å². The summed E-state index contributed by atoms with van der Waals surface area (Å²) in [6.45, 7) is 5.89. The van der Waals surface area contributed by atoms with Crippen molar-refractivity contribution in [1.82, 2.24) is 19.7 Å². The number of rotatable bonds is 4. The van der Waals surface area contributed by atoms with Crippen LogP contribution in [0.3, 0.4) is 0 Å². The summed E-state index contributed by atoms with van der Waals surface area (Å²) in [5.74, 6) is 1.47. The monoisotopic (exact) mass is 343 g/mol. The number of benzene rings is 1. The molecule has 0 aliphatic heterocycles. The molecule has 6 heteroatoms. The Labute approximate surface area is 148 Å². The van der Waals surface area contributed by atoms with E-state index >= 15 is 0 Å². The number of hydrogen-bond acceptors (Lipinski definition) is 4. The molecule has 0 aliphatic carbocycles. The Morgan fingerprint density at radius 3 is 2.50 bits per heavy atom. The van der Waals surface area contributed by atoms with E-state index in [4.69, 9.17) is 5.73 Å². The first kappa shape index (κ1) is 18.1. The molecule has 0 fully saturated rings. The zero-order valence-corrected chi connectivity index (χ0v) is 14.9. The predicted molar refractivity (Wildman–Crippen MR) is 97.6 cm³/mol. The van der Waals surface area contributed by atoms with E-state index in [1.165, 1.54) is 5.56 Å². The molecule has 2 heterocycles. The fourth-order valence-corrected chi connectivity index (χ4v) is 2.76. The van der Waals surface area contributed by atoms with Crippen LogP contribution in [0.1, 0.15) is 29.7 Å². The highest BCUT2D eigenvalue weighted by Gasteiger charge is 2.29. The maximum absolute atomic E-state index is 6.63. The highest BCUT2D eigenvalue weighted by Crippen LogP contribution is 2.24. The van der Waals surface area contributed by atoms with Crippen LogP contribution < -0.4 is 5.73 Å². The summed E-state index contributed by atoms with van der Waals surface area (Å²) in [4.78, 5) is 8.75. The molecule has 0 amide bonds. The third kappa shape index (κ3) is 3.63.